The van der Waals surface area contributed by atoms with Crippen LogP contribution in [0.5, 0.6) is 0 Å². The summed E-state index contributed by atoms with van der Waals surface area (Å²) in [4.78, 5) is 2.04. The minimum Gasteiger partial charge on any atom is -0.385 e. The molecule has 4 nitrogen and oxygen atoms in total. The highest BCUT2D eigenvalue weighted by molar-refractivity contribution is 7.81. The van der Waals surface area contributed by atoms with Gasteiger partial charge < -0.3 is 21.3 Å². The Morgan fingerprint density at radius 1 is 0.485 bits per heavy atom. The Kier molecular flexibility index (Phi) is 16.1. The second kappa shape index (κ2) is 19.0. The molecule has 2 rings (SSSR count). The minimum atomic E-state index is 0.897. The normalized spacial score (nSPS) is 15.5. The minimum absolute atomic E-state index is 0.897. The zero-order chi connectivity index (χ0) is 23.4. The molecule has 0 radical (unpaired) electrons. The van der Waals surface area contributed by atoms with Crippen molar-refractivity contribution in [2.75, 3.05) is 39.3 Å². The molecule has 0 aromatic rings. The fraction of sp³-hybridized carbons (Fsp3) is 0.630. The third-order valence-electron chi connectivity index (χ3n) is 5.87. The smallest absolute Gasteiger partial charge is 0.0303 e. The maximum absolute atomic E-state index is 5.16. The van der Waals surface area contributed by atoms with E-state index in [1.54, 1.807) is 0 Å². The monoisotopic (exact) mass is 488 g/mol. The Morgan fingerprint density at radius 2 is 0.879 bits per heavy atom. The van der Waals surface area contributed by atoms with Crippen LogP contribution in [0.1, 0.15) is 70.6 Å². The molecule has 0 unspecified atom stereocenters. The first-order valence-electron chi connectivity index (χ1n) is 13.0. The molecule has 0 aliphatic heterocycles. The first-order valence-corrected chi connectivity index (χ1v) is 13.8. The van der Waals surface area contributed by atoms with Crippen LogP contribution in [-0.4, -0.2) is 49.0 Å². The van der Waals surface area contributed by atoms with Crippen LogP contribution in [0.2, 0.25) is 0 Å². The molecular formula is C27H44N4S2. The summed E-state index contributed by atoms with van der Waals surface area (Å²) in [6, 6.07) is 0. The quantitative estimate of drug-likeness (QED) is 0.138. The summed E-state index contributed by atoms with van der Waals surface area (Å²) >= 11 is 10.3. The van der Waals surface area contributed by atoms with Gasteiger partial charge >= 0.3 is 0 Å². The summed E-state index contributed by atoms with van der Waals surface area (Å²) in [5.41, 5.74) is 2.43. The molecule has 0 aromatic carbocycles. The van der Waals surface area contributed by atoms with E-state index in [0.717, 1.165) is 61.7 Å². The van der Waals surface area contributed by atoms with E-state index in [-0.39, 0.29) is 0 Å². The third-order valence-corrected chi connectivity index (χ3v) is 6.48. The van der Waals surface area contributed by atoms with Crippen molar-refractivity contribution in [2.24, 2.45) is 0 Å². The lowest BCUT2D eigenvalue weighted by Crippen LogP contribution is -2.22. The van der Waals surface area contributed by atoms with E-state index in [0.29, 0.717) is 0 Å². The van der Waals surface area contributed by atoms with Crippen LogP contribution in [0.25, 0.3) is 0 Å². The van der Waals surface area contributed by atoms with E-state index in [9.17, 15) is 0 Å². The van der Waals surface area contributed by atoms with Crippen LogP contribution in [0.4, 0.5) is 0 Å². The molecule has 184 valence electrons. The van der Waals surface area contributed by atoms with Crippen LogP contribution in [0.15, 0.2) is 47.9 Å². The summed E-state index contributed by atoms with van der Waals surface area (Å²) < 4.78 is 0. The first kappa shape index (κ1) is 27.9. The van der Waals surface area contributed by atoms with Gasteiger partial charge in [0.2, 0.25) is 0 Å². The summed E-state index contributed by atoms with van der Waals surface area (Å²) in [6.45, 7) is 6.62. The molecule has 33 heavy (non-hydrogen) atoms. The van der Waals surface area contributed by atoms with Crippen LogP contribution < -0.4 is 21.3 Å². The Morgan fingerprint density at radius 3 is 1.36 bits per heavy atom. The van der Waals surface area contributed by atoms with Crippen molar-refractivity contribution in [3.63, 3.8) is 0 Å². The molecule has 0 saturated carbocycles. The number of unbranched alkanes of at least 4 members (excludes halogenated alkanes) is 6. The lowest BCUT2D eigenvalue weighted by Gasteiger charge is -2.11. The van der Waals surface area contributed by atoms with Crippen molar-refractivity contribution in [1.82, 2.24) is 21.3 Å². The van der Waals surface area contributed by atoms with Crippen molar-refractivity contribution in [1.29, 1.82) is 0 Å². The highest BCUT2D eigenvalue weighted by Crippen LogP contribution is 2.07. The van der Waals surface area contributed by atoms with Crippen molar-refractivity contribution in [3.05, 3.63) is 47.9 Å². The largest absolute Gasteiger partial charge is 0.385 e. The molecular weight excluding hydrogens is 444 g/mol. The van der Waals surface area contributed by atoms with E-state index < -0.39 is 0 Å². The first-order chi connectivity index (χ1) is 16.2. The fourth-order valence-electron chi connectivity index (χ4n) is 3.83. The molecule has 6 heteroatoms. The predicted octanol–water partition coefficient (Wildman–Crippen LogP) is 5.28. The van der Waals surface area contributed by atoms with Gasteiger partial charge in [-0.15, -0.1) is 0 Å². The van der Waals surface area contributed by atoms with Crippen LogP contribution >= 0.6 is 24.4 Å². The van der Waals surface area contributed by atoms with E-state index >= 15 is 0 Å². The third kappa shape index (κ3) is 15.2. The number of allylic oxidation sites excluding steroid dienone is 6. The SMILES string of the molecule is S=C1C=CC(NCCCCCNCCCCCCCNCCCNC2=CCC(=S)C=C2)=CC1. The molecule has 0 heterocycles. The number of thiocarbonyl (C=S) groups is 2. The van der Waals surface area contributed by atoms with E-state index in [1.165, 1.54) is 69.3 Å². The zero-order valence-corrected chi connectivity index (χ0v) is 21.9. The van der Waals surface area contributed by atoms with Gasteiger partial charge in [-0.25, -0.2) is 0 Å². The van der Waals surface area contributed by atoms with Gasteiger partial charge in [0.1, 0.15) is 0 Å². The van der Waals surface area contributed by atoms with Crippen molar-refractivity contribution < 1.29 is 0 Å². The van der Waals surface area contributed by atoms with Gasteiger partial charge in [0.05, 0.1) is 0 Å². The molecule has 2 aliphatic carbocycles. The second-order valence-corrected chi connectivity index (χ2v) is 9.91. The van der Waals surface area contributed by atoms with Crippen molar-refractivity contribution in [2.45, 2.75) is 70.6 Å². The van der Waals surface area contributed by atoms with Gasteiger partial charge in [-0.2, -0.15) is 0 Å². The van der Waals surface area contributed by atoms with Gasteiger partial charge in [-0.05, 0) is 82.6 Å². The molecule has 0 saturated heterocycles. The molecule has 0 aromatic heterocycles. The van der Waals surface area contributed by atoms with E-state index in [4.69, 9.17) is 24.4 Å². The zero-order valence-electron chi connectivity index (χ0n) is 20.3. The highest BCUT2D eigenvalue weighted by Gasteiger charge is 2.01. The fourth-order valence-corrected chi connectivity index (χ4v) is 4.13. The van der Waals surface area contributed by atoms with Gasteiger partial charge in [0.25, 0.3) is 0 Å². The van der Waals surface area contributed by atoms with E-state index in [2.05, 4.69) is 45.6 Å². The Labute approximate surface area is 212 Å². The average molecular weight is 489 g/mol. The Balaban J connectivity index is 1.22. The molecule has 0 atom stereocenters. The number of nitrogens with one attached hydrogen (secondary N) is 4. The van der Waals surface area contributed by atoms with Crippen LogP contribution in [0, 0.1) is 0 Å². The van der Waals surface area contributed by atoms with Crippen molar-refractivity contribution >= 4 is 34.2 Å². The van der Waals surface area contributed by atoms with Crippen LogP contribution in [-0.2, 0) is 0 Å². The van der Waals surface area contributed by atoms with Gasteiger partial charge in [-0.1, -0.05) is 62.3 Å². The standard InChI is InChI=1S/C27H44N4S2/c32-26-14-10-24(11-15-26)30-22-8-4-7-20-28-18-5-2-1-3-6-19-29-21-9-23-31-25-12-16-27(33)17-13-25/h10-14,16,28-31H,1-9,15,17-23H2. The lowest BCUT2D eigenvalue weighted by molar-refractivity contribution is 0.539. The topological polar surface area (TPSA) is 48.1 Å². The number of hydrogen-bond acceptors (Lipinski definition) is 6. The van der Waals surface area contributed by atoms with Gasteiger partial charge in [0.15, 0.2) is 0 Å². The predicted molar refractivity (Wildman–Crippen MR) is 152 cm³/mol. The van der Waals surface area contributed by atoms with E-state index in [1.807, 2.05) is 12.2 Å². The molecule has 0 bridgehead atoms. The van der Waals surface area contributed by atoms with Crippen LogP contribution in [0.3, 0.4) is 0 Å². The Hall–Kier alpha value is -1.34. The van der Waals surface area contributed by atoms with Gasteiger partial charge in [0, 0.05) is 47.1 Å². The summed E-state index contributed by atoms with van der Waals surface area (Å²) in [6.07, 6.45) is 26.0. The molecule has 4 N–H and O–H groups in total. The molecule has 0 amide bonds. The summed E-state index contributed by atoms with van der Waals surface area (Å²) in [5.74, 6) is 0. The van der Waals surface area contributed by atoms with Gasteiger partial charge in [-0.3, -0.25) is 0 Å². The second-order valence-electron chi connectivity index (χ2n) is 8.86. The lowest BCUT2D eigenvalue weighted by atomic mass is 10.1. The number of rotatable bonds is 20. The highest BCUT2D eigenvalue weighted by atomic mass is 32.1. The summed E-state index contributed by atoms with van der Waals surface area (Å²) in [5, 5.41) is 14.1. The summed E-state index contributed by atoms with van der Waals surface area (Å²) in [7, 11) is 0. The molecule has 0 spiro atoms. The Bertz CT molecular complexity index is 636. The molecule has 2 aliphatic rings. The number of hydrogen-bond donors (Lipinski definition) is 4. The maximum atomic E-state index is 5.16. The average Bonchev–Trinajstić information content (AvgIpc) is 2.83. The molecule has 0 fully saturated rings. The van der Waals surface area contributed by atoms with Crippen molar-refractivity contribution in [3.8, 4) is 0 Å². The maximum Gasteiger partial charge on any atom is 0.0303 e.